The van der Waals surface area contributed by atoms with Crippen molar-refractivity contribution in [1.29, 1.82) is 0 Å². The maximum atomic E-state index is 5.41. The lowest BCUT2D eigenvalue weighted by Crippen LogP contribution is -1.89. The van der Waals surface area contributed by atoms with Gasteiger partial charge in [-0.1, -0.05) is 36.8 Å². The van der Waals surface area contributed by atoms with Gasteiger partial charge in [-0.05, 0) is 30.4 Å². The molecule has 0 saturated heterocycles. The number of aryl methyl sites for hydroxylation is 2. The van der Waals surface area contributed by atoms with Crippen LogP contribution < -0.4 is 4.74 Å². The average Bonchev–Trinajstić information content (AvgIpc) is 2.26. The van der Waals surface area contributed by atoms with Crippen molar-refractivity contribution in [3.05, 3.63) is 41.5 Å². The van der Waals surface area contributed by atoms with Crippen LogP contribution in [-0.2, 0) is 6.42 Å². The molecule has 0 aliphatic rings. The van der Waals surface area contributed by atoms with Gasteiger partial charge in [-0.15, -0.1) is 0 Å². The highest BCUT2D eigenvalue weighted by Crippen LogP contribution is 2.28. The van der Waals surface area contributed by atoms with Crippen LogP contribution in [0.3, 0.4) is 0 Å². The number of methoxy groups -OCH3 is 1. The lowest BCUT2D eigenvalue weighted by molar-refractivity contribution is 0.419. The van der Waals surface area contributed by atoms with Crippen molar-refractivity contribution in [1.82, 2.24) is 0 Å². The fraction of sp³-hybridized carbons (Fsp3) is 0.286. The van der Waals surface area contributed by atoms with E-state index in [1.54, 1.807) is 7.11 Å². The van der Waals surface area contributed by atoms with E-state index in [0.717, 1.165) is 12.2 Å². The molecule has 0 radical (unpaired) electrons. The highest BCUT2D eigenvalue weighted by atomic mass is 16.5. The summed E-state index contributed by atoms with van der Waals surface area (Å²) in [5.41, 5.74) is 2.61. The van der Waals surface area contributed by atoms with Crippen LogP contribution in [-0.4, -0.2) is 7.11 Å². The zero-order chi connectivity index (χ0) is 10.8. The molecule has 2 aromatic rings. The van der Waals surface area contributed by atoms with Crippen molar-refractivity contribution in [2.24, 2.45) is 0 Å². The Morgan fingerprint density at radius 3 is 2.60 bits per heavy atom. The summed E-state index contributed by atoms with van der Waals surface area (Å²) in [5, 5.41) is 2.46. The van der Waals surface area contributed by atoms with Crippen LogP contribution >= 0.6 is 0 Å². The highest BCUT2D eigenvalue weighted by Gasteiger charge is 2.03. The summed E-state index contributed by atoms with van der Waals surface area (Å²) in [6, 6.07) is 10.8. The second-order valence-corrected chi connectivity index (χ2v) is 3.88. The minimum Gasteiger partial charge on any atom is -0.496 e. The van der Waals surface area contributed by atoms with Gasteiger partial charge < -0.3 is 4.74 Å². The van der Waals surface area contributed by atoms with Crippen LogP contribution in [0.5, 0.6) is 5.75 Å². The molecule has 0 heterocycles. The number of rotatable bonds is 2. The normalized spacial score (nSPS) is 10.6. The second kappa shape index (κ2) is 3.93. The number of fused-ring (bicyclic) bond motifs is 1. The minimum absolute atomic E-state index is 0.976. The van der Waals surface area contributed by atoms with E-state index < -0.39 is 0 Å². The van der Waals surface area contributed by atoms with Gasteiger partial charge in [0.25, 0.3) is 0 Å². The third-order valence-corrected chi connectivity index (χ3v) is 2.76. The third kappa shape index (κ3) is 1.82. The second-order valence-electron chi connectivity index (χ2n) is 3.88. The number of hydrogen-bond acceptors (Lipinski definition) is 1. The Morgan fingerprint density at radius 2 is 1.93 bits per heavy atom. The largest absolute Gasteiger partial charge is 0.496 e. The Kier molecular flexibility index (Phi) is 2.63. The molecule has 2 rings (SSSR count). The predicted octanol–water partition coefficient (Wildman–Crippen LogP) is 3.72. The molecule has 1 nitrogen and oxygen atoms in total. The topological polar surface area (TPSA) is 9.23 Å². The number of benzene rings is 2. The molecule has 0 unspecified atom stereocenters. The van der Waals surface area contributed by atoms with E-state index in [1.807, 2.05) is 0 Å². The molecular weight excluding hydrogens is 184 g/mol. The first-order valence-corrected chi connectivity index (χ1v) is 5.32. The van der Waals surface area contributed by atoms with Crippen molar-refractivity contribution < 1.29 is 4.74 Å². The smallest absolute Gasteiger partial charge is 0.126 e. The first-order valence-electron chi connectivity index (χ1n) is 5.32. The van der Waals surface area contributed by atoms with Gasteiger partial charge in [-0.25, -0.2) is 0 Å². The maximum Gasteiger partial charge on any atom is 0.126 e. The summed E-state index contributed by atoms with van der Waals surface area (Å²) in [5.74, 6) is 0.976. The Bertz CT molecular complexity index is 486. The number of ether oxygens (including phenoxy) is 1. The summed E-state index contributed by atoms with van der Waals surface area (Å²) in [6.07, 6.45) is 1.04. The van der Waals surface area contributed by atoms with E-state index in [2.05, 4.69) is 44.2 Å². The van der Waals surface area contributed by atoms with Crippen molar-refractivity contribution in [2.45, 2.75) is 20.3 Å². The van der Waals surface area contributed by atoms with Gasteiger partial charge >= 0.3 is 0 Å². The SMILES string of the molecule is CCc1cc(OC)c2ccc(C)cc2c1. The van der Waals surface area contributed by atoms with Crippen LogP contribution in [0.4, 0.5) is 0 Å². The fourth-order valence-electron chi connectivity index (χ4n) is 1.89. The standard InChI is InChI=1S/C14H16O/c1-4-11-8-12-7-10(2)5-6-13(12)14(9-11)15-3/h5-9H,4H2,1-3H3. The summed E-state index contributed by atoms with van der Waals surface area (Å²) < 4.78 is 5.41. The van der Waals surface area contributed by atoms with Gasteiger partial charge in [0.15, 0.2) is 0 Å². The molecule has 0 spiro atoms. The van der Waals surface area contributed by atoms with Crippen LogP contribution in [0.25, 0.3) is 10.8 Å². The molecular formula is C14H16O. The monoisotopic (exact) mass is 200 g/mol. The van der Waals surface area contributed by atoms with Crippen molar-refractivity contribution in [3.63, 3.8) is 0 Å². The lowest BCUT2D eigenvalue weighted by atomic mass is 10.0. The molecule has 0 atom stereocenters. The van der Waals surface area contributed by atoms with E-state index in [0.29, 0.717) is 0 Å². The number of hydrogen-bond donors (Lipinski definition) is 0. The Labute approximate surface area is 90.7 Å². The van der Waals surface area contributed by atoms with E-state index in [4.69, 9.17) is 4.74 Å². The molecule has 0 aliphatic carbocycles. The molecule has 0 bridgehead atoms. The molecule has 0 N–H and O–H groups in total. The van der Waals surface area contributed by atoms with Crippen LogP contribution in [0, 0.1) is 6.92 Å². The predicted molar refractivity (Wildman–Crippen MR) is 64.6 cm³/mol. The molecule has 0 saturated carbocycles. The Morgan fingerprint density at radius 1 is 1.13 bits per heavy atom. The average molecular weight is 200 g/mol. The summed E-state index contributed by atoms with van der Waals surface area (Å²) >= 11 is 0. The molecule has 0 aliphatic heterocycles. The molecule has 0 aromatic heterocycles. The van der Waals surface area contributed by atoms with Crippen LogP contribution in [0.2, 0.25) is 0 Å². The van der Waals surface area contributed by atoms with Gasteiger partial charge in [-0.3, -0.25) is 0 Å². The summed E-state index contributed by atoms with van der Waals surface area (Å²) in [4.78, 5) is 0. The van der Waals surface area contributed by atoms with Gasteiger partial charge in [-0.2, -0.15) is 0 Å². The molecule has 0 fully saturated rings. The van der Waals surface area contributed by atoms with Crippen molar-refractivity contribution >= 4 is 10.8 Å². The molecule has 15 heavy (non-hydrogen) atoms. The summed E-state index contributed by atoms with van der Waals surface area (Å²) in [6.45, 7) is 4.28. The first kappa shape index (κ1) is 10.0. The quantitative estimate of drug-likeness (QED) is 0.718. The summed E-state index contributed by atoms with van der Waals surface area (Å²) in [7, 11) is 1.73. The van der Waals surface area contributed by atoms with E-state index in [1.165, 1.54) is 21.9 Å². The van der Waals surface area contributed by atoms with Crippen molar-refractivity contribution in [2.75, 3.05) is 7.11 Å². The third-order valence-electron chi connectivity index (χ3n) is 2.76. The zero-order valence-corrected chi connectivity index (χ0v) is 9.50. The highest BCUT2D eigenvalue weighted by molar-refractivity contribution is 5.89. The Balaban J connectivity index is 2.74. The zero-order valence-electron chi connectivity index (χ0n) is 9.50. The van der Waals surface area contributed by atoms with E-state index >= 15 is 0 Å². The van der Waals surface area contributed by atoms with E-state index in [-0.39, 0.29) is 0 Å². The van der Waals surface area contributed by atoms with Crippen molar-refractivity contribution in [3.8, 4) is 5.75 Å². The van der Waals surface area contributed by atoms with Gasteiger partial charge in [0.05, 0.1) is 7.11 Å². The first-order chi connectivity index (χ1) is 7.24. The maximum absolute atomic E-state index is 5.41. The van der Waals surface area contributed by atoms with Crippen LogP contribution in [0.15, 0.2) is 30.3 Å². The Hall–Kier alpha value is -1.50. The molecule has 0 amide bonds. The fourth-order valence-corrected chi connectivity index (χ4v) is 1.89. The van der Waals surface area contributed by atoms with Gasteiger partial charge in [0.1, 0.15) is 5.75 Å². The minimum atomic E-state index is 0.976. The van der Waals surface area contributed by atoms with Gasteiger partial charge in [0.2, 0.25) is 0 Å². The molecule has 2 aromatic carbocycles. The van der Waals surface area contributed by atoms with Gasteiger partial charge in [0, 0.05) is 5.39 Å². The molecule has 1 heteroatoms. The van der Waals surface area contributed by atoms with E-state index in [9.17, 15) is 0 Å². The lowest BCUT2D eigenvalue weighted by Gasteiger charge is -2.08. The molecule has 78 valence electrons. The van der Waals surface area contributed by atoms with Crippen LogP contribution in [0.1, 0.15) is 18.1 Å².